The fraction of sp³-hybridized carbons (Fsp3) is 0.333. The highest BCUT2D eigenvalue weighted by Crippen LogP contribution is 2.16. The third kappa shape index (κ3) is 5.07. The smallest absolute Gasteiger partial charge is 0.253 e. The van der Waals surface area contributed by atoms with Crippen LogP contribution in [0.15, 0.2) is 48.7 Å². The van der Waals surface area contributed by atoms with E-state index in [0.29, 0.717) is 11.4 Å². The second kappa shape index (κ2) is 7.24. The van der Waals surface area contributed by atoms with Gasteiger partial charge in [-0.25, -0.2) is 4.98 Å². The maximum Gasteiger partial charge on any atom is 0.253 e. The maximum atomic E-state index is 12.3. The van der Waals surface area contributed by atoms with Crippen LogP contribution in [0.3, 0.4) is 0 Å². The van der Waals surface area contributed by atoms with Gasteiger partial charge in [-0.1, -0.05) is 30.3 Å². The monoisotopic (exact) mass is 314 g/mol. The quantitative estimate of drug-likeness (QED) is 0.890. The molecule has 5 heteroatoms. The number of ether oxygens (including phenoxy) is 1. The Bertz CT molecular complexity index is 634. The van der Waals surface area contributed by atoms with Crippen LogP contribution in [0, 0.1) is 0 Å². The van der Waals surface area contributed by atoms with Crippen molar-refractivity contribution in [3.63, 3.8) is 0 Å². The van der Waals surface area contributed by atoms with E-state index in [1.807, 2.05) is 51.1 Å². The number of nitrogens with one attached hydrogen (secondary N) is 1. The van der Waals surface area contributed by atoms with Gasteiger partial charge in [-0.15, -0.1) is 0 Å². The third-order valence-corrected chi connectivity index (χ3v) is 3.10. The number of hydrogen-bond donors (Lipinski definition) is 2. The molecule has 2 aromatic rings. The molecule has 1 amide bonds. The van der Waals surface area contributed by atoms with Gasteiger partial charge >= 0.3 is 0 Å². The van der Waals surface area contributed by atoms with Crippen molar-refractivity contribution in [3.8, 4) is 5.88 Å². The Morgan fingerprint density at radius 2 is 1.91 bits per heavy atom. The number of aliphatic hydroxyl groups is 1. The highest BCUT2D eigenvalue weighted by molar-refractivity contribution is 5.94. The standard InChI is InChI=1S/C18H22N2O3/c1-18(2,3)23-16-10-9-14(11-19-16)17(22)20-15(12-21)13-7-5-4-6-8-13/h4-11,15,21H,12H2,1-3H3,(H,20,22). The van der Waals surface area contributed by atoms with Gasteiger partial charge in [0.1, 0.15) is 5.60 Å². The summed E-state index contributed by atoms with van der Waals surface area (Å²) < 4.78 is 5.63. The van der Waals surface area contributed by atoms with Crippen molar-refractivity contribution in [2.75, 3.05) is 6.61 Å². The Labute approximate surface area is 136 Å². The molecule has 5 nitrogen and oxygen atoms in total. The van der Waals surface area contributed by atoms with E-state index in [1.54, 1.807) is 12.1 Å². The number of amides is 1. The van der Waals surface area contributed by atoms with Crippen LogP contribution in [-0.4, -0.2) is 28.2 Å². The lowest BCUT2D eigenvalue weighted by atomic mass is 10.1. The Balaban J connectivity index is 2.05. The van der Waals surface area contributed by atoms with E-state index in [4.69, 9.17) is 4.74 Å². The van der Waals surface area contributed by atoms with Crippen molar-refractivity contribution in [1.29, 1.82) is 0 Å². The molecule has 2 N–H and O–H groups in total. The summed E-state index contributed by atoms with van der Waals surface area (Å²) >= 11 is 0. The minimum Gasteiger partial charge on any atom is -0.472 e. The maximum absolute atomic E-state index is 12.3. The fourth-order valence-corrected chi connectivity index (χ4v) is 2.05. The Kier molecular flexibility index (Phi) is 5.34. The minimum absolute atomic E-state index is 0.172. The first-order valence-electron chi connectivity index (χ1n) is 7.51. The summed E-state index contributed by atoms with van der Waals surface area (Å²) in [5, 5.41) is 12.3. The molecule has 0 fully saturated rings. The second-order valence-corrected chi connectivity index (χ2v) is 6.22. The lowest BCUT2D eigenvalue weighted by Gasteiger charge is -2.20. The lowest BCUT2D eigenvalue weighted by Crippen LogP contribution is -2.31. The molecule has 2 rings (SSSR count). The van der Waals surface area contributed by atoms with Crippen molar-refractivity contribution < 1.29 is 14.6 Å². The van der Waals surface area contributed by atoms with Crippen LogP contribution >= 0.6 is 0 Å². The van der Waals surface area contributed by atoms with Crippen molar-refractivity contribution >= 4 is 5.91 Å². The number of rotatable bonds is 5. The molecule has 0 spiro atoms. The van der Waals surface area contributed by atoms with E-state index in [-0.39, 0.29) is 18.1 Å². The molecule has 1 aromatic carbocycles. The number of hydrogen-bond acceptors (Lipinski definition) is 4. The van der Waals surface area contributed by atoms with E-state index in [1.165, 1.54) is 6.20 Å². The average molecular weight is 314 g/mol. The molecule has 0 aliphatic heterocycles. The number of aromatic nitrogens is 1. The first kappa shape index (κ1) is 17.0. The number of pyridine rings is 1. The van der Waals surface area contributed by atoms with Crippen LogP contribution in [0.25, 0.3) is 0 Å². The molecule has 0 aliphatic carbocycles. The van der Waals surface area contributed by atoms with Crippen molar-refractivity contribution in [2.45, 2.75) is 32.4 Å². The second-order valence-electron chi connectivity index (χ2n) is 6.22. The molecule has 1 aromatic heterocycles. The molecular weight excluding hydrogens is 292 g/mol. The topological polar surface area (TPSA) is 71.5 Å². The van der Waals surface area contributed by atoms with E-state index in [0.717, 1.165) is 5.56 Å². The number of carbonyl (C=O) groups excluding carboxylic acids is 1. The lowest BCUT2D eigenvalue weighted by molar-refractivity contribution is 0.0915. The first-order chi connectivity index (χ1) is 10.9. The molecular formula is C18H22N2O3. The molecule has 122 valence electrons. The molecule has 23 heavy (non-hydrogen) atoms. The summed E-state index contributed by atoms with van der Waals surface area (Å²) in [6, 6.07) is 12.2. The Hall–Kier alpha value is -2.40. The molecule has 0 saturated carbocycles. The largest absolute Gasteiger partial charge is 0.472 e. The molecule has 0 radical (unpaired) electrons. The number of nitrogens with zero attached hydrogens (tertiary/aromatic N) is 1. The van der Waals surface area contributed by atoms with Gasteiger partial charge in [0.25, 0.3) is 5.91 Å². The summed E-state index contributed by atoms with van der Waals surface area (Å²) in [6.45, 7) is 5.62. The summed E-state index contributed by atoms with van der Waals surface area (Å²) in [5.41, 5.74) is 0.927. The summed E-state index contributed by atoms with van der Waals surface area (Å²) in [6.07, 6.45) is 1.47. The SMILES string of the molecule is CC(C)(C)Oc1ccc(C(=O)NC(CO)c2ccccc2)cn1. The zero-order chi connectivity index (χ0) is 16.9. The number of aliphatic hydroxyl groups excluding tert-OH is 1. The zero-order valence-corrected chi connectivity index (χ0v) is 13.6. The van der Waals surface area contributed by atoms with E-state index in [9.17, 15) is 9.90 Å². The van der Waals surface area contributed by atoms with Gasteiger partial charge in [-0.3, -0.25) is 4.79 Å². The molecule has 0 bridgehead atoms. The summed E-state index contributed by atoms with van der Waals surface area (Å²) in [5.74, 6) is 0.179. The number of carbonyl (C=O) groups is 1. The van der Waals surface area contributed by atoms with Gasteiger partial charge in [0.2, 0.25) is 5.88 Å². The van der Waals surface area contributed by atoms with E-state index < -0.39 is 6.04 Å². The van der Waals surface area contributed by atoms with Crippen LogP contribution in [-0.2, 0) is 0 Å². The van der Waals surface area contributed by atoms with E-state index >= 15 is 0 Å². The predicted molar refractivity (Wildman–Crippen MR) is 88.4 cm³/mol. The van der Waals surface area contributed by atoms with Crippen LogP contribution < -0.4 is 10.1 Å². The van der Waals surface area contributed by atoms with Gasteiger partial charge < -0.3 is 15.2 Å². The molecule has 0 saturated heterocycles. The van der Waals surface area contributed by atoms with Gasteiger partial charge in [0.15, 0.2) is 0 Å². The summed E-state index contributed by atoms with van der Waals surface area (Å²) in [7, 11) is 0. The van der Waals surface area contributed by atoms with Crippen LogP contribution in [0.2, 0.25) is 0 Å². The number of benzene rings is 1. The normalized spacial score (nSPS) is 12.5. The first-order valence-corrected chi connectivity index (χ1v) is 7.51. The fourth-order valence-electron chi connectivity index (χ4n) is 2.05. The minimum atomic E-state index is -0.450. The van der Waals surface area contributed by atoms with Crippen LogP contribution in [0.1, 0.15) is 42.7 Å². The third-order valence-electron chi connectivity index (χ3n) is 3.10. The van der Waals surface area contributed by atoms with Gasteiger partial charge in [-0.2, -0.15) is 0 Å². The van der Waals surface area contributed by atoms with Crippen LogP contribution in [0.4, 0.5) is 0 Å². The molecule has 0 aliphatic rings. The Morgan fingerprint density at radius 1 is 1.22 bits per heavy atom. The van der Waals surface area contributed by atoms with Gasteiger partial charge in [0.05, 0.1) is 18.2 Å². The van der Waals surface area contributed by atoms with Gasteiger partial charge in [0, 0.05) is 12.3 Å². The highest BCUT2D eigenvalue weighted by atomic mass is 16.5. The predicted octanol–water partition coefficient (Wildman–Crippen LogP) is 2.72. The zero-order valence-electron chi connectivity index (χ0n) is 13.6. The molecule has 1 unspecified atom stereocenters. The van der Waals surface area contributed by atoms with E-state index in [2.05, 4.69) is 10.3 Å². The van der Waals surface area contributed by atoms with Crippen molar-refractivity contribution in [3.05, 3.63) is 59.8 Å². The Morgan fingerprint density at radius 3 is 2.43 bits per heavy atom. The van der Waals surface area contributed by atoms with Crippen LogP contribution in [0.5, 0.6) is 5.88 Å². The molecule has 1 heterocycles. The molecule has 1 atom stereocenters. The highest BCUT2D eigenvalue weighted by Gasteiger charge is 2.16. The van der Waals surface area contributed by atoms with Crippen molar-refractivity contribution in [2.24, 2.45) is 0 Å². The average Bonchev–Trinajstić information content (AvgIpc) is 2.52. The van der Waals surface area contributed by atoms with Crippen molar-refractivity contribution in [1.82, 2.24) is 10.3 Å². The summed E-state index contributed by atoms with van der Waals surface area (Å²) in [4.78, 5) is 16.4. The van der Waals surface area contributed by atoms with Gasteiger partial charge in [-0.05, 0) is 32.4 Å².